The highest BCUT2D eigenvalue weighted by molar-refractivity contribution is 9.10. The highest BCUT2D eigenvalue weighted by atomic mass is 79.9. The van der Waals surface area contributed by atoms with Crippen molar-refractivity contribution >= 4 is 35.6 Å². The van der Waals surface area contributed by atoms with Crippen LogP contribution in [0.15, 0.2) is 50.7 Å². The van der Waals surface area contributed by atoms with Crippen LogP contribution in [-0.2, 0) is 19.7 Å². The molecule has 0 bridgehead atoms. The molecule has 0 aromatic heterocycles. The van der Waals surface area contributed by atoms with Gasteiger partial charge in [0.25, 0.3) is 0 Å². The van der Waals surface area contributed by atoms with Crippen LogP contribution < -0.4 is 4.74 Å². The summed E-state index contributed by atoms with van der Waals surface area (Å²) in [6.07, 6.45) is 1.88. The third-order valence-electron chi connectivity index (χ3n) is 2.86. The molecule has 0 saturated carbocycles. The number of benzene rings is 2. The van der Waals surface area contributed by atoms with Crippen LogP contribution in [0, 0.1) is 5.82 Å². The molecule has 0 amide bonds. The lowest BCUT2D eigenvalue weighted by Gasteiger charge is -2.12. The summed E-state index contributed by atoms with van der Waals surface area (Å²) in [6, 6.07) is 7.42. The van der Waals surface area contributed by atoms with E-state index in [9.17, 15) is 21.2 Å². The van der Waals surface area contributed by atoms with Crippen LogP contribution in [0.5, 0.6) is 11.5 Å². The second kappa shape index (κ2) is 6.21. The van der Waals surface area contributed by atoms with Gasteiger partial charge < -0.3 is 4.74 Å². The molecule has 0 atom stereocenters. The van der Waals surface area contributed by atoms with E-state index in [1.165, 1.54) is 30.3 Å². The van der Waals surface area contributed by atoms with Gasteiger partial charge in [-0.05, 0) is 36.4 Å². The second-order valence-corrected chi connectivity index (χ2v) is 9.75. The van der Waals surface area contributed by atoms with Crippen LogP contribution in [0.1, 0.15) is 0 Å². The maximum absolute atomic E-state index is 13.8. The smallest absolute Gasteiger partial charge is 0.179 e. The molecule has 2 aromatic rings. The Morgan fingerprint density at radius 3 is 2.04 bits per heavy atom. The van der Waals surface area contributed by atoms with Crippen LogP contribution in [0.4, 0.5) is 4.39 Å². The zero-order valence-electron chi connectivity index (χ0n) is 12.1. The third kappa shape index (κ3) is 4.30. The molecule has 0 heterocycles. The minimum atomic E-state index is -3.78. The number of sulfone groups is 2. The van der Waals surface area contributed by atoms with Crippen molar-refractivity contribution in [3.63, 3.8) is 0 Å². The van der Waals surface area contributed by atoms with E-state index in [0.717, 1.165) is 18.6 Å². The zero-order chi connectivity index (χ0) is 17.4. The van der Waals surface area contributed by atoms with Crippen LogP contribution in [0.25, 0.3) is 0 Å². The van der Waals surface area contributed by atoms with Gasteiger partial charge in [0.15, 0.2) is 31.2 Å². The van der Waals surface area contributed by atoms with Crippen LogP contribution in [0.2, 0.25) is 0 Å². The SMILES string of the molecule is CS(=O)(=O)c1ccc(Oc2ccc(Br)cc2F)c(S(C)(=O)=O)c1. The molecule has 0 N–H and O–H groups in total. The largest absolute Gasteiger partial charge is 0.453 e. The Morgan fingerprint density at radius 1 is 0.913 bits per heavy atom. The first-order chi connectivity index (χ1) is 10.5. The quantitative estimate of drug-likeness (QED) is 0.755. The molecule has 0 unspecified atom stereocenters. The number of halogens is 2. The Balaban J connectivity index is 2.58. The van der Waals surface area contributed by atoms with Gasteiger partial charge in [-0.2, -0.15) is 0 Å². The monoisotopic (exact) mass is 422 g/mol. The Hall–Kier alpha value is -1.45. The molecule has 0 saturated heterocycles. The van der Waals surface area contributed by atoms with Gasteiger partial charge in [-0.15, -0.1) is 0 Å². The Labute approximate surface area is 142 Å². The first-order valence-electron chi connectivity index (χ1n) is 6.15. The molecule has 0 radical (unpaired) electrons. The molecule has 0 aliphatic heterocycles. The summed E-state index contributed by atoms with van der Waals surface area (Å²) in [5.74, 6) is -1.02. The summed E-state index contributed by atoms with van der Waals surface area (Å²) >= 11 is 3.10. The van der Waals surface area contributed by atoms with Crippen molar-refractivity contribution in [2.24, 2.45) is 0 Å². The molecule has 23 heavy (non-hydrogen) atoms. The molecule has 0 aliphatic rings. The minimum absolute atomic E-state index is 0.152. The fraction of sp³-hybridized carbons (Fsp3) is 0.143. The van der Waals surface area contributed by atoms with Crippen LogP contribution >= 0.6 is 15.9 Å². The fourth-order valence-electron chi connectivity index (χ4n) is 1.77. The van der Waals surface area contributed by atoms with E-state index in [0.29, 0.717) is 4.47 Å². The maximum Gasteiger partial charge on any atom is 0.179 e. The average Bonchev–Trinajstić information content (AvgIpc) is 2.40. The van der Waals surface area contributed by atoms with Gasteiger partial charge in [-0.3, -0.25) is 0 Å². The molecule has 5 nitrogen and oxygen atoms in total. The minimum Gasteiger partial charge on any atom is -0.453 e. The summed E-state index contributed by atoms with van der Waals surface area (Å²) in [4.78, 5) is -0.496. The first-order valence-corrected chi connectivity index (χ1v) is 10.7. The van der Waals surface area contributed by atoms with Gasteiger partial charge in [-0.25, -0.2) is 21.2 Å². The lowest BCUT2D eigenvalue weighted by molar-refractivity contribution is 0.431. The fourth-order valence-corrected chi connectivity index (χ4v) is 3.64. The molecule has 0 fully saturated rings. The van der Waals surface area contributed by atoms with Crippen molar-refractivity contribution in [1.29, 1.82) is 0 Å². The van der Waals surface area contributed by atoms with Gasteiger partial charge in [0.1, 0.15) is 10.6 Å². The Bertz CT molecular complexity index is 969. The molecule has 0 spiro atoms. The van der Waals surface area contributed by atoms with E-state index >= 15 is 0 Å². The van der Waals surface area contributed by atoms with Crippen molar-refractivity contribution < 1.29 is 26.0 Å². The van der Waals surface area contributed by atoms with E-state index in [1.807, 2.05) is 0 Å². The Kier molecular flexibility index (Phi) is 4.84. The lowest BCUT2D eigenvalue weighted by Crippen LogP contribution is -2.04. The highest BCUT2D eigenvalue weighted by Gasteiger charge is 2.20. The number of rotatable bonds is 4. The molecule has 9 heteroatoms. The van der Waals surface area contributed by atoms with Crippen molar-refractivity contribution in [3.05, 3.63) is 46.7 Å². The molecular weight excluding hydrogens is 411 g/mol. The third-order valence-corrected chi connectivity index (χ3v) is 5.58. The lowest BCUT2D eigenvalue weighted by atomic mass is 10.3. The standard InChI is InChI=1S/C14H12BrFO5S2/c1-22(17,18)10-4-6-13(14(8-10)23(2,19)20)21-12-5-3-9(15)7-11(12)16/h3-8H,1-2H3. The molecule has 124 valence electrons. The predicted molar refractivity (Wildman–Crippen MR) is 86.8 cm³/mol. The predicted octanol–water partition coefficient (Wildman–Crippen LogP) is 3.19. The summed E-state index contributed by atoms with van der Waals surface area (Å²) in [5.41, 5.74) is 0. The summed E-state index contributed by atoms with van der Waals surface area (Å²) in [5, 5.41) is 0. The summed E-state index contributed by atoms with van der Waals surface area (Å²) in [6.45, 7) is 0. The van der Waals surface area contributed by atoms with E-state index in [-0.39, 0.29) is 21.3 Å². The summed E-state index contributed by atoms with van der Waals surface area (Å²) < 4.78 is 66.6. The van der Waals surface area contributed by atoms with Gasteiger partial charge in [0, 0.05) is 17.0 Å². The van der Waals surface area contributed by atoms with Gasteiger partial charge in [-0.1, -0.05) is 15.9 Å². The van der Waals surface area contributed by atoms with Gasteiger partial charge >= 0.3 is 0 Å². The molecule has 2 aromatic carbocycles. The van der Waals surface area contributed by atoms with Crippen molar-refractivity contribution in [2.75, 3.05) is 12.5 Å². The van der Waals surface area contributed by atoms with Crippen LogP contribution in [-0.4, -0.2) is 29.3 Å². The van der Waals surface area contributed by atoms with Gasteiger partial charge in [0.2, 0.25) is 0 Å². The number of ether oxygens (including phenoxy) is 1. The van der Waals surface area contributed by atoms with Crippen molar-refractivity contribution in [3.8, 4) is 11.5 Å². The molecular formula is C14H12BrFO5S2. The summed E-state index contributed by atoms with van der Waals surface area (Å²) in [7, 11) is -7.37. The van der Waals surface area contributed by atoms with Crippen LogP contribution in [0.3, 0.4) is 0 Å². The molecule has 2 rings (SSSR count). The zero-order valence-corrected chi connectivity index (χ0v) is 15.3. The Morgan fingerprint density at radius 2 is 1.52 bits per heavy atom. The number of hydrogen-bond donors (Lipinski definition) is 0. The van der Waals surface area contributed by atoms with E-state index in [2.05, 4.69) is 15.9 Å². The average molecular weight is 423 g/mol. The van der Waals surface area contributed by atoms with Crippen molar-refractivity contribution in [2.45, 2.75) is 9.79 Å². The normalized spacial score (nSPS) is 12.2. The van der Waals surface area contributed by atoms with Gasteiger partial charge in [0.05, 0.1) is 4.90 Å². The van der Waals surface area contributed by atoms with E-state index in [4.69, 9.17) is 4.74 Å². The second-order valence-electron chi connectivity index (χ2n) is 4.83. The maximum atomic E-state index is 13.8. The van der Waals surface area contributed by atoms with E-state index in [1.54, 1.807) is 0 Å². The first kappa shape index (κ1) is 17.9. The topological polar surface area (TPSA) is 77.5 Å². The highest BCUT2D eigenvalue weighted by Crippen LogP contribution is 2.33. The molecule has 0 aliphatic carbocycles. The van der Waals surface area contributed by atoms with E-state index < -0.39 is 25.5 Å². The van der Waals surface area contributed by atoms with Crippen molar-refractivity contribution in [1.82, 2.24) is 0 Å². The number of hydrogen-bond acceptors (Lipinski definition) is 5.